The van der Waals surface area contributed by atoms with Crippen LogP contribution in [-0.4, -0.2) is 36.6 Å². The Bertz CT molecular complexity index is 568. The Morgan fingerprint density at radius 2 is 2.27 bits per heavy atom. The number of halogens is 2. The predicted molar refractivity (Wildman–Crippen MR) is 81.4 cm³/mol. The number of anilines is 1. The van der Waals surface area contributed by atoms with E-state index in [0.29, 0.717) is 31.8 Å². The summed E-state index contributed by atoms with van der Waals surface area (Å²) in [5, 5.41) is 2.66. The third-order valence-corrected chi connectivity index (χ3v) is 3.79. The molecule has 7 heteroatoms. The Hall–Kier alpha value is -1.82. The largest absolute Gasteiger partial charge is 0.450 e. The second kappa shape index (κ2) is 7.45. The van der Waals surface area contributed by atoms with E-state index in [1.165, 1.54) is 23.1 Å². The van der Waals surface area contributed by atoms with Crippen LogP contribution in [0.3, 0.4) is 0 Å². The van der Waals surface area contributed by atoms with Gasteiger partial charge in [0.1, 0.15) is 5.82 Å². The van der Waals surface area contributed by atoms with Gasteiger partial charge >= 0.3 is 6.09 Å². The van der Waals surface area contributed by atoms with Gasteiger partial charge in [0, 0.05) is 18.8 Å². The van der Waals surface area contributed by atoms with Crippen LogP contribution in [0.15, 0.2) is 18.2 Å². The molecule has 0 radical (unpaired) electrons. The summed E-state index contributed by atoms with van der Waals surface area (Å²) in [5.74, 6) is -1.07. The molecule has 1 fully saturated rings. The highest BCUT2D eigenvalue weighted by Gasteiger charge is 2.29. The fourth-order valence-electron chi connectivity index (χ4n) is 2.39. The lowest BCUT2D eigenvalue weighted by atomic mass is 9.97. The van der Waals surface area contributed by atoms with Gasteiger partial charge in [-0.2, -0.15) is 0 Å². The maximum Gasteiger partial charge on any atom is 0.409 e. The van der Waals surface area contributed by atoms with Crippen LogP contribution >= 0.6 is 11.6 Å². The Morgan fingerprint density at radius 3 is 2.95 bits per heavy atom. The SMILES string of the molecule is CCOC(=O)N1CCCC(C(=O)Nc2ccc(F)c(Cl)c2)C1. The highest BCUT2D eigenvalue weighted by Crippen LogP contribution is 2.22. The molecule has 1 aromatic rings. The van der Waals surface area contributed by atoms with Crippen LogP contribution in [0, 0.1) is 11.7 Å². The predicted octanol–water partition coefficient (Wildman–Crippen LogP) is 3.29. The number of amides is 2. The topological polar surface area (TPSA) is 58.6 Å². The minimum Gasteiger partial charge on any atom is -0.450 e. The number of likely N-dealkylation sites (tertiary alicyclic amines) is 1. The van der Waals surface area contributed by atoms with E-state index in [0.717, 1.165) is 6.42 Å². The van der Waals surface area contributed by atoms with Gasteiger partial charge in [0.05, 0.1) is 17.5 Å². The zero-order chi connectivity index (χ0) is 16.1. The number of nitrogens with zero attached hydrogens (tertiary/aromatic N) is 1. The molecular formula is C15H18ClFN2O3. The lowest BCUT2D eigenvalue weighted by Crippen LogP contribution is -2.44. The third kappa shape index (κ3) is 4.10. The number of benzene rings is 1. The first-order chi connectivity index (χ1) is 10.5. The van der Waals surface area contributed by atoms with Gasteiger partial charge in [0.2, 0.25) is 5.91 Å². The van der Waals surface area contributed by atoms with E-state index >= 15 is 0 Å². The smallest absolute Gasteiger partial charge is 0.409 e. The van der Waals surface area contributed by atoms with Crippen LogP contribution in [0.5, 0.6) is 0 Å². The summed E-state index contributed by atoms with van der Waals surface area (Å²) < 4.78 is 18.1. The molecule has 0 aliphatic carbocycles. The lowest BCUT2D eigenvalue weighted by molar-refractivity contribution is -0.121. The molecule has 0 spiro atoms. The van der Waals surface area contributed by atoms with Crippen LogP contribution in [0.25, 0.3) is 0 Å². The Kier molecular flexibility index (Phi) is 5.60. The van der Waals surface area contributed by atoms with Crippen LogP contribution in [0.2, 0.25) is 5.02 Å². The highest BCUT2D eigenvalue weighted by atomic mass is 35.5. The second-order valence-corrected chi connectivity index (χ2v) is 5.51. The van der Waals surface area contributed by atoms with Crippen molar-refractivity contribution in [1.82, 2.24) is 4.90 Å². The number of nitrogens with one attached hydrogen (secondary N) is 1. The van der Waals surface area contributed by atoms with Crippen molar-refractivity contribution in [1.29, 1.82) is 0 Å². The summed E-state index contributed by atoms with van der Waals surface area (Å²) in [6.07, 6.45) is 1.03. The van der Waals surface area contributed by atoms with Gasteiger partial charge in [-0.25, -0.2) is 9.18 Å². The molecule has 120 valence electrons. The summed E-state index contributed by atoms with van der Waals surface area (Å²) in [6, 6.07) is 4.01. The number of hydrogen-bond donors (Lipinski definition) is 1. The van der Waals surface area contributed by atoms with E-state index in [2.05, 4.69) is 5.32 Å². The van der Waals surface area contributed by atoms with Crippen molar-refractivity contribution in [3.8, 4) is 0 Å². The van der Waals surface area contributed by atoms with E-state index < -0.39 is 11.9 Å². The molecule has 1 aliphatic heterocycles. The first kappa shape index (κ1) is 16.5. The van der Waals surface area contributed by atoms with E-state index in [1.54, 1.807) is 6.92 Å². The van der Waals surface area contributed by atoms with Crippen molar-refractivity contribution in [2.24, 2.45) is 5.92 Å². The van der Waals surface area contributed by atoms with Gasteiger partial charge in [-0.1, -0.05) is 11.6 Å². The number of carbonyl (C=O) groups is 2. The first-order valence-electron chi connectivity index (χ1n) is 7.19. The molecule has 2 amide bonds. The van der Waals surface area contributed by atoms with Crippen molar-refractivity contribution >= 4 is 29.3 Å². The van der Waals surface area contributed by atoms with E-state index in [-0.39, 0.29) is 16.8 Å². The zero-order valence-corrected chi connectivity index (χ0v) is 13.0. The van der Waals surface area contributed by atoms with Gasteiger partial charge in [0.15, 0.2) is 0 Å². The van der Waals surface area contributed by atoms with Crippen molar-refractivity contribution in [2.75, 3.05) is 25.0 Å². The summed E-state index contributed by atoms with van der Waals surface area (Å²) in [6.45, 7) is 2.95. The van der Waals surface area contributed by atoms with Gasteiger partial charge < -0.3 is 15.0 Å². The Labute approximate surface area is 133 Å². The van der Waals surface area contributed by atoms with Crippen LogP contribution in [-0.2, 0) is 9.53 Å². The molecular weight excluding hydrogens is 311 g/mol. The molecule has 0 bridgehead atoms. The lowest BCUT2D eigenvalue weighted by Gasteiger charge is -2.31. The van der Waals surface area contributed by atoms with Crippen molar-refractivity contribution in [3.63, 3.8) is 0 Å². The zero-order valence-electron chi connectivity index (χ0n) is 12.3. The summed E-state index contributed by atoms with van der Waals surface area (Å²) >= 11 is 5.69. The maximum absolute atomic E-state index is 13.1. The molecule has 1 aliphatic rings. The second-order valence-electron chi connectivity index (χ2n) is 5.10. The Balaban J connectivity index is 1.96. The van der Waals surface area contributed by atoms with Crippen LogP contribution in [0.1, 0.15) is 19.8 Å². The molecule has 1 unspecified atom stereocenters. The average Bonchev–Trinajstić information content (AvgIpc) is 2.51. The molecule has 0 saturated carbocycles. The molecule has 1 saturated heterocycles. The Morgan fingerprint density at radius 1 is 1.50 bits per heavy atom. The summed E-state index contributed by atoms with van der Waals surface area (Å²) in [4.78, 5) is 25.5. The third-order valence-electron chi connectivity index (χ3n) is 3.51. The quantitative estimate of drug-likeness (QED) is 0.926. The number of hydrogen-bond acceptors (Lipinski definition) is 3. The van der Waals surface area contributed by atoms with Gasteiger partial charge in [0.25, 0.3) is 0 Å². The molecule has 22 heavy (non-hydrogen) atoms. The van der Waals surface area contributed by atoms with Crippen LogP contribution < -0.4 is 5.32 Å². The average molecular weight is 329 g/mol. The molecule has 0 aromatic heterocycles. The molecule has 1 aromatic carbocycles. The van der Waals surface area contributed by atoms with E-state index in [1.807, 2.05) is 0 Å². The van der Waals surface area contributed by atoms with Gasteiger partial charge in [-0.3, -0.25) is 4.79 Å². The molecule has 1 N–H and O–H groups in total. The standard InChI is InChI=1S/C15H18ClFN2O3/c1-2-22-15(21)19-7-3-4-10(9-19)14(20)18-11-5-6-13(17)12(16)8-11/h5-6,8,10H,2-4,7,9H2,1H3,(H,18,20). The van der Waals surface area contributed by atoms with Gasteiger partial charge in [-0.15, -0.1) is 0 Å². The van der Waals surface area contributed by atoms with Crippen molar-refractivity contribution < 1.29 is 18.7 Å². The molecule has 1 atom stereocenters. The summed E-state index contributed by atoms with van der Waals surface area (Å²) in [7, 11) is 0. The number of carbonyl (C=O) groups excluding carboxylic acids is 2. The van der Waals surface area contributed by atoms with Gasteiger partial charge in [-0.05, 0) is 38.0 Å². The fraction of sp³-hybridized carbons (Fsp3) is 0.467. The summed E-state index contributed by atoms with van der Waals surface area (Å²) in [5.41, 5.74) is 0.435. The van der Waals surface area contributed by atoms with E-state index in [4.69, 9.17) is 16.3 Å². The number of rotatable bonds is 3. The minimum absolute atomic E-state index is 0.0467. The molecule has 5 nitrogen and oxygen atoms in total. The maximum atomic E-state index is 13.1. The van der Waals surface area contributed by atoms with Crippen molar-refractivity contribution in [2.45, 2.75) is 19.8 Å². The van der Waals surface area contributed by atoms with E-state index in [9.17, 15) is 14.0 Å². The van der Waals surface area contributed by atoms with Crippen LogP contribution in [0.4, 0.5) is 14.9 Å². The first-order valence-corrected chi connectivity index (χ1v) is 7.56. The fourth-order valence-corrected chi connectivity index (χ4v) is 2.57. The molecule has 1 heterocycles. The highest BCUT2D eigenvalue weighted by molar-refractivity contribution is 6.31. The monoisotopic (exact) mass is 328 g/mol. The number of piperidine rings is 1. The van der Waals surface area contributed by atoms with Crippen molar-refractivity contribution in [3.05, 3.63) is 29.0 Å². The number of ether oxygens (including phenoxy) is 1. The minimum atomic E-state index is -0.536. The molecule has 2 rings (SSSR count). The normalized spacial score (nSPS) is 18.0.